The summed E-state index contributed by atoms with van der Waals surface area (Å²) in [5.74, 6) is 0.475. The summed E-state index contributed by atoms with van der Waals surface area (Å²) < 4.78 is 5.03. The van der Waals surface area contributed by atoms with Crippen LogP contribution >= 0.6 is 11.6 Å². The second-order valence-corrected chi connectivity index (χ2v) is 5.19. The quantitative estimate of drug-likeness (QED) is 0.891. The summed E-state index contributed by atoms with van der Waals surface area (Å²) in [6.07, 6.45) is 1.91. The minimum atomic E-state index is -0.418. The number of amides is 1. The zero-order valence-corrected chi connectivity index (χ0v) is 11.4. The molecule has 1 saturated carbocycles. The molecule has 18 heavy (non-hydrogen) atoms. The lowest BCUT2D eigenvalue weighted by Gasteiger charge is -2.21. The summed E-state index contributed by atoms with van der Waals surface area (Å²) >= 11 is 5.88. The first-order valence-electron chi connectivity index (χ1n) is 6.20. The van der Waals surface area contributed by atoms with Gasteiger partial charge in [0.15, 0.2) is 0 Å². The lowest BCUT2D eigenvalue weighted by Crippen LogP contribution is -2.37. The molecule has 1 aromatic carbocycles. The van der Waals surface area contributed by atoms with Crippen molar-refractivity contribution in [2.24, 2.45) is 5.92 Å². The van der Waals surface area contributed by atoms with Crippen molar-refractivity contribution in [2.45, 2.75) is 31.9 Å². The van der Waals surface area contributed by atoms with Crippen LogP contribution in [-0.4, -0.2) is 19.1 Å². The Kier molecular flexibility index (Phi) is 4.25. The van der Waals surface area contributed by atoms with E-state index in [0.717, 1.165) is 18.4 Å². The number of nitrogens with one attached hydrogen (secondary N) is 1. The highest BCUT2D eigenvalue weighted by Gasteiger charge is 2.34. The van der Waals surface area contributed by atoms with Gasteiger partial charge in [0.1, 0.15) is 6.10 Å². The molecule has 1 aliphatic carbocycles. The topological polar surface area (TPSA) is 38.3 Å². The number of benzene rings is 1. The molecule has 0 bridgehead atoms. The molecule has 0 heterocycles. The molecule has 2 rings (SSSR count). The van der Waals surface area contributed by atoms with Gasteiger partial charge in [0.25, 0.3) is 0 Å². The third-order valence-corrected chi connectivity index (χ3v) is 3.60. The van der Waals surface area contributed by atoms with Crippen LogP contribution in [0.3, 0.4) is 0 Å². The van der Waals surface area contributed by atoms with Crippen molar-refractivity contribution in [3.63, 3.8) is 0 Å². The Morgan fingerprint density at radius 3 is 2.50 bits per heavy atom. The normalized spacial score (nSPS) is 18.2. The van der Waals surface area contributed by atoms with Crippen LogP contribution in [0.5, 0.6) is 0 Å². The highest BCUT2D eigenvalue weighted by molar-refractivity contribution is 6.30. The monoisotopic (exact) mass is 267 g/mol. The second kappa shape index (κ2) is 5.72. The fourth-order valence-electron chi connectivity index (χ4n) is 1.95. The van der Waals surface area contributed by atoms with E-state index in [1.807, 2.05) is 24.3 Å². The fourth-order valence-corrected chi connectivity index (χ4v) is 2.08. The molecule has 4 heteroatoms. The van der Waals surface area contributed by atoms with Gasteiger partial charge >= 0.3 is 0 Å². The minimum absolute atomic E-state index is 0.0654. The van der Waals surface area contributed by atoms with Gasteiger partial charge in [0.2, 0.25) is 5.91 Å². The van der Waals surface area contributed by atoms with Gasteiger partial charge in [0.05, 0.1) is 6.04 Å². The van der Waals surface area contributed by atoms with Gasteiger partial charge < -0.3 is 10.1 Å². The molecule has 2 atom stereocenters. The Morgan fingerprint density at radius 1 is 1.39 bits per heavy atom. The van der Waals surface area contributed by atoms with Gasteiger partial charge in [-0.25, -0.2) is 0 Å². The molecule has 1 aliphatic rings. The van der Waals surface area contributed by atoms with Crippen LogP contribution in [0.1, 0.15) is 31.4 Å². The van der Waals surface area contributed by atoms with Gasteiger partial charge in [0, 0.05) is 12.1 Å². The number of halogens is 1. The van der Waals surface area contributed by atoms with E-state index in [-0.39, 0.29) is 11.9 Å². The first kappa shape index (κ1) is 13.4. The number of hydrogen-bond donors (Lipinski definition) is 1. The van der Waals surface area contributed by atoms with E-state index in [9.17, 15) is 4.79 Å². The summed E-state index contributed by atoms with van der Waals surface area (Å²) in [6.45, 7) is 1.75. The Balaban J connectivity index is 2.09. The van der Waals surface area contributed by atoms with Gasteiger partial charge in [-0.05, 0) is 43.4 Å². The van der Waals surface area contributed by atoms with Crippen LogP contribution in [0, 0.1) is 5.92 Å². The summed E-state index contributed by atoms with van der Waals surface area (Å²) in [6, 6.07) is 7.75. The van der Waals surface area contributed by atoms with Crippen LogP contribution in [0.2, 0.25) is 5.02 Å². The molecule has 0 spiro atoms. The molecule has 0 radical (unpaired) electrons. The summed E-state index contributed by atoms with van der Waals surface area (Å²) in [4.78, 5) is 11.9. The smallest absolute Gasteiger partial charge is 0.249 e. The predicted molar refractivity (Wildman–Crippen MR) is 71.5 cm³/mol. The van der Waals surface area contributed by atoms with E-state index < -0.39 is 6.10 Å². The highest BCUT2D eigenvalue weighted by Crippen LogP contribution is 2.41. The zero-order chi connectivity index (χ0) is 13.1. The largest absolute Gasteiger partial charge is 0.372 e. The van der Waals surface area contributed by atoms with E-state index >= 15 is 0 Å². The average molecular weight is 268 g/mol. The molecule has 1 N–H and O–H groups in total. The summed E-state index contributed by atoms with van der Waals surface area (Å²) in [5.41, 5.74) is 1.11. The number of rotatable bonds is 5. The third kappa shape index (κ3) is 3.24. The van der Waals surface area contributed by atoms with Crippen LogP contribution in [-0.2, 0) is 9.53 Å². The van der Waals surface area contributed by atoms with Gasteiger partial charge in [-0.1, -0.05) is 23.7 Å². The molecule has 2 unspecified atom stereocenters. The Labute approximate surface area is 112 Å². The van der Waals surface area contributed by atoms with Crippen molar-refractivity contribution in [3.8, 4) is 0 Å². The van der Waals surface area contributed by atoms with E-state index in [1.165, 1.54) is 0 Å². The molecular weight excluding hydrogens is 250 g/mol. The average Bonchev–Trinajstić information content (AvgIpc) is 3.20. The third-order valence-electron chi connectivity index (χ3n) is 3.34. The molecular formula is C14H18ClNO2. The lowest BCUT2D eigenvalue weighted by atomic mass is 10.0. The number of carbonyl (C=O) groups is 1. The maximum atomic E-state index is 11.9. The fraction of sp³-hybridized carbons (Fsp3) is 0.500. The first-order chi connectivity index (χ1) is 8.61. The molecule has 0 saturated heterocycles. The van der Waals surface area contributed by atoms with E-state index in [0.29, 0.717) is 10.9 Å². The van der Waals surface area contributed by atoms with Crippen molar-refractivity contribution >= 4 is 17.5 Å². The van der Waals surface area contributed by atoms with Gasteiger partial charge in [-0.15, -0.1) is 0 Å². The Bertz CT molecular complexity index is 414. The number of carbonyl (C=O) groups excluding carboxylic acids is 1. The molecule has 1 fully saturated rings. The molecule has 98 valence electrons. The molecule has 0 aromatic heterocycles. The first-order valence-corrected chi connectivity index (χ1v) is 6.58. The standard InChI is InChI=1S/C14H18ClNO2/c1-9(18-2)14(17)16-13(10-3-4-10)11-5-7-12(15)8-6-11/h5-10,13H,3-4H2,1-2H3,(H,16,17). The molecule has 1 aromatic rings. The highest BCUT2D eigenvalue weighted by atomic mass is 35.5. The van der Waals surface area contributed by atoms with E-state index in [2.05, 4.69) is 5.32 Å². The summed E-state index contributed by atoms with van der Waals surface area (Å²) in [7, 11) is 1.54. The molecule has 1 amide bonds. The van der Waals surface area contributed by atoms with E-state index in [4.69, 9.17) is 16.3 Å². The van der Waals surface area contributed by atoms with Crippen LogP contribution in [0.4, 0.5) is 0 Å². The zero-order valence-electron chi connectivity index (χ0n) is 10.7. The number of hydrogen-bond acceptors (Lipinski definition) is 2. The van der Waals surface area contributed by atoms with Crippen LogP contribution < -0.4 is 5.32 Å². The SMILES string of the molecule is COC(C)C(=O)NC(c1ccc(Cl)cc1)C1CC1. The van der Waals surface area contributed by atoms with Crippen LogP contribution in [0.25, 0.3) is 0 Å². The van der Waals surface area contributed by atoms with E-state index in [1.54, 1.807) is 14.0 Å². The Hall–Kier alpha value is -1.06. The molecule has 0 aliphatic heterocycles. The van der Waals surface area contributed by atoms with Crippen molar-refractivity contribution < 1.29 is 9.53 Å². The Morgan fingerprint density at radius 2 is 2.00 bits per heavy atom. The van der Waals surface area contributed by atoms with Crippen molar-refractivity contribution in [1.82, 2.24) is 5.32 Å². The van der Waals surface area contributed by atoms with Crippen LogP contribution in [0.15, 0.2) is 24.3 Å². The maximum Gasteiger partial charge on any atom is 0.249 e. The number of methoxy groups -OCH3 is 1. The van der Waals surface area contributed by atoms with Crippen molar-refractivity contribution in [1.29, 1.82) is 0 Å². The maximum absolute atomic E-state index is 11.9. The summed E-state index contributed by atoms with van der Waals surface area (Å²) in [5, 5.41) is 3.77. The van der Waals surface area contributed by atoms with Gasteiger partial charge in [-0.3, -0.25) is 4.79 Å². The molecule has 3 nitrogen and oxygen atoms in total. The minimum Gasteiger partial charge on any atom is -0.372 e. The van der Waals surface area contributed by atoms with Gasteiger partial charge in [-0.2, -0.15) is 0 Å². The second-order valence-electron chi connectivity index (χ2n) is 4.75. The predicted octanol–water partition coefficient (Wildman–Crippen LogP) is 2.94. The lowest BCUT2D eigenvalue weighted by molar-refractivity contribution is -0.131. The number of ether oxygens (including phenoxy) is 1. The van der Waals surface area contributed by atoms with Crippen molar-refractivity contribution in [3.05, 3.63) is 34.9 Å². The van der Waals surface area contributed by atoms with Crippen molar-refractivity contribution in [2.75, 3.05) is 7.11 Å².